The van der Waals surface area contributed by atoms with Crippen LogP contribution in [0.3, 0.4) is 0 Å². The van der Waals surface area contributed by atoms with E-state index in [1.807, 2.05) is 18.2 Å². The van der Waals surface area contributed by atoms with Crippen molar-refractivity contribution in [1.82, 2.24) is 15.0 Å². The van der Waals surface area contributed by atoms with Crippen LogP contribution in [0.4, 0.5) is 21.7 Å². The first kappa shape index (κ1) is 13.9. The minimum atomic E-state index is -0.272. The van der Waals surface area contributed by atoms with Crippen LogP contribution in [0.15, 0.2) is 61.1 Å². The van der Waals surface area contributed by atoms with E-state index in [1.54, 1.807) is 24.4 Å². The fourth-order valence-electron chi connectivity index (χ4n) is 1.89. The van der Waals surface area contributed by atoms with Crippen LogP contribution < -0.4 is 10.6 Å². The van der Waals surface area contributed by atoms with Gasteiger partial charge in [-0.15, -0.1) is 0 Å². The lowest BCUT2D eigenvalue weighted by molar-refractivity contribution is 0.628. The number of hydrogen-bond acceptors (Lipinski definition) is 5. The van der Waals surface area contributed by atoms with Crippen molar-refractivity contribution in [2.24, 2.45) is 0 Å². The highest BCUT2D eigenvalue weighted by Gasteiger charge is 2.01. The number of aromatic nitrogens is 3. The summed E-state index contributed by atoms with van der Waals surface area (Å²) in [6, 6.07) is 13.6. The molecule has 1 aromatic carbocycles. The molecule has 3 aromatic rings. The van der Waals surface area contributed by atoms with Gasteiger partial charge in [0, 0.05) is 18.0 Å². The number of rotatable bonds is 5. The molecule has 0 fully saturated rings. The fourth-order valence-corrected chi connectivity index (χ4v) is 1.89. The Morgan fingerprint density at radius 2 is 1.73 bits per heavy atom. The Labute approximate surface area is 127 Å². The summed E-state index contributed by atoms with van der Waals surface area (Å²) in [5.41, 5.74) is 1.69. The van der Waals surface area contributed by atoms with Crippen molar-refractivity contribution in [3.63, 3.8) is 0 Å². The molecule has 3 rings (SSSR count). The maximum Gasteiger partial charge on any atom is 0.135 e. The summed E-state index contributed by atoms with van der Waals surface area (Å²) in [6.07, 6.45) is 3.21. The Morgan fingerprint density at radius 3 is 2.50 bits per heavy atom. The van der Waals surface area contributed by atoms with Crippen molar-refractivity contribution in [2.45, 2.75) is 6.54 Å². The average Bonchev–Trinajstić information content (AvgIpc) is 2.57. The molecular weight excluding hydrogens is 281 g/mol. The van der Waals surface area contributed by atoms with Crippen LogP contribution in [0.1, 0.15) is 5.69 Å². The molecule has 0 amide bonds. The first-order valence-corrected chi connectivity index (χ1v) is 6.78. The smallest absolute Gasteiger partial charge is 0.135 e. The number of hydrogen-bond donors (Lipinski definition) is 2. The molecule has 2 heterocycles. The second kappa shape index (κ2) is 6.62. The highest BCUT2D eigenvalue weighted by atomic mass is 19.1. The van der Waals surface area contributed by atoms with Crippen molar-refractivity contribution in [3.05, 3.63) is 72.6 Å². The standard InChI is InChI=1S/C16H14FN5/c17-12-4-6-13(7-5-12)22-16-9-15(20-11-21-16)19-10-14-3-1-2-8-18-14/h1-9,11H,10H2,(H2,19,20,21,22). The molecule has 0 radical (unpaired) electrons. The fraction of sp³-hybridized carbons (Fsp3) is 0.0625. The van der Waals surface area contributed by atoms with Gasteiger partial charge in [-0.2, -0.15) is 0 Å². The molecule has 0 aliphatic heterocycles. The molecule has 2 aromatic heterocycles. The van der Waals surface area contributed by atoms with E-state index < -0.39 is 0 Å². The average molecular weight is 295 g/mol. The minimum Gasteiger partial charge on any atom is -0.364 e. The van der Waals surface area contributed by atoms with E-state index in [0.717, 1.165) is 11.4 Å². The largest absolute Gasteiger partial charge is 0.364 e. The van der Waals surface area contributed by atoms with Gasteiger partial charge in [-0.3, -0.25) is 4.98 Å². The van der Waals surface area contributed by atoms with Crippen LogP contribution in [-0.2, 0) is 6.54 Å². The van der Waals surface area contributed by atoms with Crippen LogP contribution in [0, 0.1) is 5.82 Å². The van der Waals surface area contributed by atoms with E-state index in [0.29, 0.717) is 18.2 Å². The van der Waals surface area contributed by atoms with Gasteiger partial charge in [-0.05, 0) is 36.4 Å². The lowest BCUT2D eigenvalue weighted by atomic mass is 10.3. The van der Waals surface area contributed by atoms with Gasteiger partial charge in [0.05, 0.1) is 12.2 Å². The maximum atomic E-state index is 12.9. The summed E-state index contributed by atoms with van der Waals surface area (Å²) in [7, 11) is 0. The van der Waals surface area contributed by atoms with E-state index in [1.165, 1.54) is 18.5 Å². The second-order valence-electron chi connectivity index (χ2n) is 4.60. The van der Waals surface area contributed by atoms with Gasteiger partial charge in [0.2, 0.25) is 0 Å². The highest BCUT2D eigenvalue weighted by molar-refractivity contribution is 5.58. The first-order valence-electron chi connectivity index (χ1n) is 6.78. The van der Waals surface area contributed by atoms with Gasteiger partial charge in [0.25, 0.3) is 0 Å². The van der Waals surface area contributed by atoms with Gasteiger partial charge in [0.15, 0.2) is 0 Å². The first-order chi connectivity index (χ1) is 10.8. The van der Waals surface area contributed by atoms with Crippen molar-refractivity contribution in [3.8, 4) is 0 Å². The Kier molecular flexibility index (Phi) is 4.20. The Morgan fingerprint density at radius 1 is 0.909 bits per heavy atom. The number of nitrogens with zero attached hydrogens (tertiary/aromatic N) is 3. The Bertz CT molecular complexity index is 731. The topological polar surface area (TPSA) is 62.7 Å². The third kappa shape index (κ3) is 3.76. The van der Waals surface area contributed by atoms with E-state index in [2.05, 4.69) is 25.6 Å². The zero-order chi connectivity index (χ0) is 15.2. The third-order valence-electron chi connectivity index (χ3n) is 2.96. The van der Waals surface area contributed by atoms with Crippen molar-refractivity contribution < 1.29 is 4.39 Å². The number of nitrogens with one attached hydrogen (secondary N) is 2. The van der Waals surface area contributed by atoms with Crippen LogP contribution in [0.25, 0.3) is 0 Å². The van der Waals surface area contributed by atoms with Crippen LogP contribution in [-0.4, -0.2) is 15.0 Å². The molecule has 0 unspecified atom stereocenters. The SMILES string of the molecule is Fc1ccc(Nc2cc(NCc3ccccn3)ncn2)cc1. The van der Waals surface area contributed by atoms with Gasteiger partial charge in [-0.25, -0.2) is 14.4 Å². The van der Waals surface area contributed by atoms with E-state index in [4.69, 9.17) is 0 Å². The number of anilines is 3. The molecule has 22 heavy (non-hydrogen) atoms. The number of benzene rings is 1. The van der Waals surface area contributed by atoms with Gasteiger partial charge < -0.3 is 10.6 Å². The van der Waals surface area contributed by atoms with Crippen molar-refractivity contribution >= 4 is 17.3 Å². The monoisotopic (exact) mass is 295 g/mol. The molecule has 0 bridgehead atoms. The van der Waals surface area contributed by atoms with E-state index >= 15 is 0 Å². The Balaban J connectivity index is 1.66. The highest BCUT2D eigenvalue weighted by Crippen LogP contribution is 2.16. The quantitative estimate of drug-likeness (QED) is 0.755. The molecular formula is C16H14FN5. The lowest BCUT2D eigenvalue weighted by Crippen LogP contribution is -2.04. The number of halogens is 1. The van der Waals surface area contributed by atoms with E-state index in [-0.39, 0.29) is 5.82 Å². The predicted molar refractivity (Wildman–Crippen MR) is 83.3 cm³/mol. The molecule has 0 spiro atoms. The molecule has 0 atom stereocenters. The molecule has 6 heteroatoms. The van der Waals surface area contributed by atoms with Crippen molar-refractivity contribution in [2.75, 3.05) is 10.6 Å². The minimum absolute atomic E-state index is 0.272. The van der Waals surface area contributed by atoms with Gasteiger partial charge in [-0.1, -0.05) is 6.07 Å². The molecule has 5 nitrogen and oxygen atoms in total. The lowest BCUT2D eigenvalue weighted by Gasteiger charge is -2.08. The summed E-state index contributed by atoms with van der Waals surface area (Å²) in [6.45, 7) is 0.577. The summed E-state index contributed by atoms with van der Waals surface area (Å²) in [5.74, 6) is 1.04. The summed E-state index contributed by atoms with van der Waals surface area (Å²) in [5, 5.41) is 6.28. The molecule has 110 valence electrons. The van der Waals surface area contributed by atoms with Crippen LogP contribution in [0.5, 0.6) is 0 Å². The van der Waals surface area contributed by atoms with Crippen molar-refractivity contribution in [1.29, 1.82) is 0 Å². The van der Waals surface area contributed by atoms with Crippen LogP contribution >= 0.6 is 0 Å². The van der Waals surface area contributed by atoms with E-state index in [9.17, 15) is 4.39 Å². The zero-order valence-electron chi connectivity index (χ0n) is 11.7. The predicted octanol–water partition coefficient (Wildman–Crippen LogP) is 3.37. The molecule has 0 aliphatic rings. The summed E-state index contributed by atoms with van der Waals surface area (Å²) >= 11 is 0. The van der Waals surface area contributed by atoms with Gasteiger partial charge >= 0.3 is 0 Å². The third-order valence-corrected chi connectivity index (χ3v) is 2.96. The Hall–Kier alpha value is -3.02. The summed E-state index contributed by atoms with van der Waals surface area (Å²) in [4.78, 5) is 12.5. The van der Waals surface area contributed by atoms with Gasteiger partial charge in [0.1, 0.15) is 23.8 Å². The maximum absolute atomic E-state index is 12.9. The van der Waals surface area contributed by atoms with Crippen LogP contribution in [0.2, 0.25) is 0 Å². The molecule has 2 N–H and O–H groups in total. The summed E-state index contributed by atoms with van der Waals surface area (Å²) < 4.78 is 12.9. The molecule has 0 aliphatic carbocycles. The normalized spacial score (nSPS) is 10.2. The number of pyridine rings is 1. The molecule has 0 saturated carbocycles. The second-order valence-corrected chi connectivity index (χ2v) is 4.60. The zero-order valence-corrected chi connectivity index (χ0v) is 11.7. The molecule has 0 saturated heterocycles.